The molecule has 146 valence electrons. The second-order valence-corrected chi connectivity index (χ2v) is 7.13. The van der Waals surface area contributed by atoms with Crippen molar-refractivity contribution in [3.8, 4) is 11.5 Å². The predicted octanol–water partition coefficient (Wildman–Crippen LogP) is 3.06. The normalized spacial score (nSPS) is 15.4. The largest absolute Gasteiger partial charge is 0.486 e. The van der Waals surface area contributed by atoms with Crippen LogP contribution < -0.4 is 25.4 Å². The molecule has 0 radical (unpaired) electrons. The van der Waals surface area contributed by atoms with Crippen LogP contribution in [0.25, 0.3) is 0 Å². The first-order chi connectivity index (χ1) is 13.5. The van der Waals surface area contributed by atoms with Gasteiger partial charge in [-0.15, -0.1) is 0 Å². The summed E-state index contributed by atoms with van der Waals surface area (Å²) in [4.78, 5) is 26.7. The van der Waals surface area contributed by atoms with E-state index in [-0.39, 0.29) is 5.91 Å². The Labute approximate surface area is 167 Å². The summed E-state index contributed by atoms with van der Waals surface area (Å²) in [6.07, 6.45) is 2.17. The quantitative estimate of drug-likeness (QED) is 0.821. The highest BCUT2D eigenvalue weighted by Gasteiger charge is 2.22. The molecule has 2 aromatic rings. The molecule has 0 atom stereocenters. The zero-order chi connectivity index (χ0) is 19.7. The van der Waals surface area contributed by atoms with Gasteiger partial charge in [-0.2, -0.15) is 0 Å². The van der Waals surface area contributed by atoms with Gasteiger partial charge in [0.25, 0.3) is 5.91 Å². The van der Waals surface area contributed by atoms with E-state index in [1.165, 1.54) is 6.07 Å². The van der Waals surface area contributed by atoms with Crippen LogP contribution in [0.2, 0.25) is 5.02 Å². The number of carbonyl (C=O) groups is 2. The van der Waals surface area contributed by atoms with Gasteiger partial charge in [-0.1, -0.05) is 11.6 Å². The van der Waals surface area contributed by atoms with Gasteiger partial charge in [-0.25, -0.2) is 0 Å². The van der Waals surface area contributed by atoms with Gasteiger partial charge in [-0.3, -0.25) is 9.59 Å². The van der Waals surface area contributed by atoms with Crippen LogP contribution in [0.3, 0.4) is 0 Å². The number of primary amides is 1. The van der Waals surface area contributed by atoms with E-state index in [0.29, 0.717) is 46.5 Å². The van der Waals surface area contributed by atoms with E-state index < -0.39 is 5.91 Å². The summed E-state index contributed by atoms with van der Waals surface area (Å²) >= 11 is 6.24. The fourth-order valence-corrected chi connectivity index (χ4v) is 3.72. The van der Waals surface area contributed by atoms with Crippen LogP contribution in [0.15, 0.2) is 30.3 Å². The van der Waals surface area contributed by atoms with Crippen molar-refractivity contribution in [2.45, 2.75) is 12.8 Å². The zero-order valence-electron chi connectivity index (χ0n) is 15.2. The Hall–Kier alpha value is -2.93. The fraction of sp³-hybridized carbons (Fsp3) is 0.300. The van der Waals surface area contributed by atoms with E-state index in [1.807, 2.05) is 6.07 Å². The fourth-order valence-electron chi connectivity index (χ4n) is 3.46. The first-order valence-corrected chi connectivity index (χ1v) is 9.50. The molecule has 1 fully saturated rings. The lowest BCUT2D eigenvalue weighted by molar-refractivity contribution is 0.0996. The summed E-state index contributed by atoms with van der Waals surface area (Å²) in [5.74, 6) is -0.0284. The van der Waals surface area contributed by atoms with Crippen molar-refractivity contribution >= 4 is 34.8 Å². The second kappa shape index (κ2) is 7.59. The molecule has 2 amide bonds. The highest BCUT2D eigenvalue weighted by molar-refractivity contribution is 6.32. The van der Waals surface area contributed by atoms with Gasteiger partial charge in [-0.05, 0) is 43.2 Å². The van der Waals surface area contributed by atoms with Crippen LogP contribution in [0, 0.1) is 0 Å². The van der Waals surface area contributed by atoms with E-state index in [0.717, 1.165) is 31.6 Å². The van der Waals surface area contributed by atoms with E-state index >= 15 is 0 Å². The van der Waals surface area contributed by atoms with Crippen LogP contribution in [0.1, 0.15) is 33.6 Å². The molecule has 28 heavy (non-hydrogen) atoms. The molecule has 2 aliphatic heterocycles. The van der Waals surface area contributed by atoms with Crippen molar-refractivity contribution in [2.24, 2.45) is 5.73 Å². The van der Waals surface area contributed by atoms with Gasteiger partial charge in [0.05, 0.1) is 16.4 Å². The maximum atomic E-state index is 12.9. The smallest absolute Gasteiger partial charge is 0.255 e. The van der Waals surface area contributed by atoms with Crippen molar-refractivity contribution < 1.29 is 19.1 Å². The molecule has 2 heterocycles. The monoisotopic (exact) mass is 401 g/mol. The lowest BCUT2D eigenvalue weighted by Gasteiger charge is -2.23. The molecular weight excluding hydrogens is 382 g/mol. The van der Waals surface area contributed by atoms with E-state index in [9.17, 15) is 9.59 Å². The maximum Gasteiger partial charge on any atom is 0.255 e. The number of hydrogen-bond donors (Lipinski definition) is 2. The van der Waals surface area contributed by atoms with E-state index in [2.05, 4.69) is 10.2 Å². The van der Waals surface area contributed by atoms with Crippen molar-refractivity contribution in [3.05, 3.63) is 46.5 Å². The lowest BCUT2D eigenvalue weighted by atomic mass is 10.1. The number of fused-ring (bicyclic) bond motifs is 1. The molecule has 4 rings (SSSR count). The Morgan fingerprint density at radius 2 is 1.79 bits per heavy atom. The summed E-state index contributed by atoms with van der Waals surface area (Å²) in [6.45, 7) is 2.61. The van der Waals surface area contributed by atoms with Crippen LogP contribution in [-0.2, 0) is 0 Å². The molecule has 8 heteroatoms. The molecule has 1 saturated heterocycles. The van der Waals surface area contributed by atoms with Gasteiger partial charge in [0.2, 0.25) is 5.91 Å². The van der Waals surface area contributed by atoms with E-state index in [4.69, 9.17) is 26.8 Å². The Bertz CT molecular complexity index is 941. The first kappa shape index (κ1) is 18.4. The van der Waals surface area contributed by atoms with Crippen molar-refractivity contribution in [2.75, 3.05) is 36.5 Å². The second-order valence-electron chi connectivity index (χ2n) is 6.73. The van der Waals surface area contributed by atoms with Gasteiger partial charge >= 0.3 is 0 Å². The number of nitrogens with one attached hydrogen (secondary N) is 1. The third-order valence-corrected chi connectivity index (χ3v) is 5.12. The topological polar surface area (TPSA) is 93.9 Å². The summed E-state index contributed by atoms with van der Waals surface area (Å²) in [7, 11) is 0. The van der Waals surface area contributed by atoms with Gasteiger partial charge < -0.3 is 25.4 Å². The number of hydrogen-bond acceptors (Lipinski definition) is 5. The van der Waals surface area contributed by atoms with Crippen molar-refractivity contribution in [3.63, 3.8) is 0 Å². The SMILES string of the molecule is NC(=O)c1ccc(N2CCCC2)c(NC(=O)c2cc(Cl)c3c(c2)OCCO3)c1. The summed E-state index contributed by atoms with van der Waals surface area (Å²) in [5, 5.41) is 3.20. The van der Waals surface area contributed by atoms with Crippen molar-refractivity contribution in [1.29, 1.82) is 0 Å². The maximum absolute atomic E-state index is 12.9. The Kier molecular flexibility index (Phi) is 5.00. The molecule has 2 aliphatic rings. The molecule has 0 bridgehead atoms. The van der Waals surface area contributed by atoms with E-state index in [1.54, 1.807) is 18.2 Å². The number of ether oxygens (including phenoxy) is 2. The van der Waals surface area contributed by atoms with Crippen LogP contribution in [0.4, 0.5) is 11.4 Å². The molecule has 7 nitrogen and oxygen atoms in total. The summed E-state index contributed by atoms with van der Waals surface area (Å²) < 4.78 is 11.0. The highest BCUT2D eigenvalue weighted by Crippen LogP contribution is 2.39. The number of nitrogens with zero attached hydrogens (tertiary/aromatic N) is 1. The minimum Gasteiger partial charge on any atom is -0.486 e. The third kappa shape index (κ3) is 3.57. The number of rotatable bonds is 4. The molecule has 0 aromatic heterocycles. The third-order valence-electron chi connectivity index (χ3n) is 4.84. The molecule has 3 N–H and O–H groups in total. The Morgan fingerprint density at radius 3 is 2.54 bits per heavy atom. The first-order valence-electron chi connectivity index (χ1n) is 9.12. The molecule has 0 aliphatic carbocycles. The zero-order valence-corrected chi connectivity index (χ0v) is 15.9. The lowest BCUT2D eigenvalue weighted by Crippen LogP contribution is -2.22. The average molecular weight is 402 g/mol. The number of halogens is 1. The van der Waals surface area contributed by atoms with Crippen LogP contribution >= 0.6 is 11.6 Å². The highest BCUT2D eigenvalue weighted by atomic mass is 35.5. The number of amides is 2. The Balaban J connectivity index is 1.66. The van der Waals surface area contributed by atoms with Gasteiger partial charge in [0, 0.05) is 24.2 Å². The minimum atomic E-state index is -0.550. The number of carbonyl (C=O) groups excluding carboxylic acids is 2. The average Bonchev–Trinajstić information content (AvgIpc) is 3.22. The molecule has 0 saturated carbocycles. The number of nitrogens with two attached hydrogens (primary N) is 1. The molecule has 0 unspecified atom stereocenters. The molecule has 0 spiro atoms. The van der Waals surface area contributed by atoms with Crippen LogP contribution in [0.5, 0.6) is 11.5 Å². The van der Waals surface area contributed by atoms with Gasteiger partial charge in [0.15, 0.2) is 11.5 Å². The molecular formula is C20H20ClN3O4. The standard InChI is InChI=1S/C20H20ClN3O4/c21-14-9-13(11-17-18(14)28-8-7-27-17)20(26)23-15-10-12(19(22)25)3-4-16(15)24-5-1-2-6-24/h3-4,9-11H,1-2,5-8H2,(H2,22,25)(H,23,26). The molecule has 2 aromatic carbocycles. The van der Waals surface area contributed by atoms with Crippen molar-refractivity contribution in [1.82, 2.24) is 0 Å². The number of benzene rings is 2. The summed E-state index contributed by atoms with van der Waals surface area (Å²) in [5.41, 5.74) is 7.48. The van der Waals surface area contributed by atoms with Crippen LogP contribution in [-0.4, -0.2) is 38.1 Å². The van der Waals surface area contributed by atoms with Gasteiger partial charge in [0.1, 0.15) is 13.2 Å². The number of anilines is 2. The Morgan fingerprint density at radius 1 is 1.04 bits per heavy atom. The predicted molar refractivity (Wildman–Crippen MR) is 107 cm³/mol. The summed E-state index contributed by atoms with van der Waals surface area (Å²) in [6, 6.07) is 8.24. The minimum absolute atomic E-state index is 0.313.